The summed E-state index contributed by atoms with van der Waals surface area (Å²) in [6, 6.07) is 2.55. The Hall–Kier alpha value is -2.60. The van der Waals surface area contributed by atoms with Crippen molar-refractivity contribution < 1.29 is 32.2 Å². The number of aliphatic hydroxyl groups excluding tert-OH is 1. The summed E-state index contributed by atoms with van der Waals surface area (Å²) in [5.74, 6) is -2.94. The van der Waals surface area contributed by atoms with E-state index in [2.05, 4.69) is 10.0 Å². The average molecular weight is 538 g/mol. The fraction of sp³-hybridized carbons (Fsp3) is 0.500. The third kappa shape index (κ3) is 5.50. The Bertz CT molecular complexity index is 1340. The lowest BCUT2D eigenvalue weighted by Crippen LogP contribution is -2.44. The van der Waals surface area contributed by atoms with Gasteiger partial charge >= 0.3 is 0 Å². The Morgan fingerprint density at radius 2 is 1.97 bits per heavy atom. The van der Waals surface area contributed by atoms with Crippen molar-refractivity contribution >= 4 is 27.7 Å². The molecule has 4 atom stereocenters. The molecular formula is C26H33F2N3O5S. The number of nitrogens with one attached hydrogen (secondary N) is 2. The van der Waals surface area contributed by atoms with Gasteiger partial charge in [0.05, 0.1) is 17.9 Å². The topological polar surface area (TPSA) is 121 Å². The number of fused-ring (bicyclic) bond motifs is 1. The van der Waals surface area contributed by atoms with Crippen LogP contribution in [0.1, 0.15) is 61.3 Å². The van der Waals surface area contributed by atoms with Crippen LogP contribution in [0.5, 0.6) is 0 Å². The zero-order valence-electron chi connectivity index (χ0n) is 21.1. The van der Waals surface area contributed by atoms with Gasteiger partial charge in [0.25, 0.3) is 5.91 Å². The van der Waals surface area contributed by atoms with Crippen LogP contribution in [0.4, 0.5) is 14.5 Å². The van der Waals surface area contributed by atoms with Crippen LogP contribution >= 0.6 is 0 Å². The van der Waals surface area contributed by atoms with Crippen LogP contribution in [0.3, 0.4) is 0 Å². The van der Waals surface area contributed by atoms with Crippen LogP contribution in [-0.2, 0) is 16.6 Å². The van der Waals surface area contributed by atoms with Crippen LogP contribution in [0.2, 0.25) is 0 Å². The Balaban J connectivity index is 1.68. The van der Waals surface area contributed by atoms with Crippen LogP contribution < -0.4 is 10.0 Å². The minimum Gasteiger partial charge on any atom is -0.393 e. The molecule has 1 aromatic heterocycles. The Labute approximate surface area is 215 Å². The molecule has 1 amide bonds. The van der Waals surface area contributed by atoms with E-state index in [4.69, 9.17) is 0 Å². The van der Waals surface area contributed by atoms with Gasteiger partial charge < -0.3 is 20.1 Å². The zero-order chi connectivity index (χ0) is 27.1. The summed E-state index contributed by atoms with van der Waals surface area (Å²) >= 11 is 0. The summed E-state index contributed by atoms with van der Waals surface area (Å²) in [7, 11) is -4.10. The van der Waals surface area contributed by atoms with Gasteiger partial charge in [-0.2, -0.15) is 0 Å². The molecule has 202 valence electrons. The maximum atomic E-state index is 13.8. The molecule has 1 fully saturated rings. The quantitative estimate of drug-likeness (QED) is 0.410. The number of halogens is 2. The van der Waals surface area contributed by atoms with Gasteiger partial charge in [-0.15, -0.1) is 0 Å². The first-order chi connectivity index (χ1) is 17.3. The number of allylic oxidation sites excluding steroid dienone is 1. The van der Waals surface area contributed by atoms with Crippen molar-refractivity contribution in [3.05, 3.63) is 52.9 Å². The van der Waals surface area contributed by atoms with E-state index < -0.39 is 45.8 Å². The molecule has 4 N–H and O–H groups in total. The van der Waals surface area contributed by atoms with Gasteiger partial charge in [-0.1, -0.05) is 13.0 Å². The van der Waals surface area contributed by atoms with Crippen molar-refractivity contribution in [1.29, 1.82) is 0 Å². The highest BCUT2D eigenvalue weighted by molar-refractivity contribution is 7.89. The summed E-state index contributed by atoms with van der Waals surface area (Å²) < 4.78 is 59.0. The van der Waals surface area contributed by atoms with Gasteiger partial charge in [0.1, 0.15) is 10.6 Å². The summed E-state index contributed by atoms with van der Waals surface area (Å²) in [6.45, 7) is 4.98. The van der Waals surface area contributed by atoms with Crippen molar-refractivity contribution in [2.75, 3.05) is 11.9 Å². The molecule has 2 heterocycles. The number of amides is 1. The summed E-state index contributed by atoms with van der Waals surface area (Å²) in [6.07, 6.45) is 5.83. The van der Waals surface area contributed by atoms with Crippen molar-refractivity contribution in [3.63, 3.8) is 0 Å². The molecule has 4 unspecified atom stereocenters. The van der Waals surface area contributed by atoms with Crippen LogP contribution in [-0.4, -0.2) is 47.4 Å². The van der Waals surface area contributed by atoms with Gasteiger partial charge in [-0.25, -0.2) is 21.9 Å². The third-order valence-corrected chi connectivity index (χ3v) is 9.03. The maximum Gasteiger partial charge on any atom is 0.272 e. The lowest BCUT2D eigenvalue weighted by molar-refractivity contribution is -0.0194. The van der Waals surface area contributed by atoms with Gasteiger partial charge in [0.2, 0.25) is 10.0 Å². The van der Waals surface area contributed by atoms with Gasteiger partial charge in [-0.05, 0) is 69.6 Å². The first-order valence-electron chi connectivity index (χ1n) is 12.4. The molecular weight excluding hydrogens is 504 g/mol. The molecule has 8 nitrogen and oxygen atoms in total. The number of benzene rings is 1. The first-order valence-corrected chi connectivity index (χ1v) is 13.8. The largest absolute Gasteiger partial charge is 0.393 e. The first kappa shape index (κ1) is 27.4. The molecule has 0 saturated heterocycles. The van der Waals surface area contributed by atoms with E-state index >= 15 is 0 Å². The highest BCUT2D eigenvalue weighted by Crippen LogP contribution is 2.38. The lowest BCUT2D eigenvalue weighted by Gasteiger charge is -2.30. The summed E-state index contributed by atoms with van der Waals surface area (Å²) in [5, 5.41) is 22.4. The molecule has 0 spiro atoms. The number of hydrogen-bond acceptors (Lipinski definition) is 5. The van der Waals surface area contributed by atoms with E-state index in [0.717, 1.165) is 18.6 Å². The Morgan fingerprint density at radius 1 is 1.24 bits per heavy atom. The van der Waals surface area contributed by atoms with E-state index in [-0.39, 0.29) is 40.1 Å². The highest BCUT2D eigenvalue weighted by atomic mass is 32.2. The second-order valence-corrected chi connectivity index (χ2v) is 12.1. The lowest BCUT2D eigenvalue weighted by atomic mass is 9.88. The van der Waals surface area contributed by atoms with Gasteiger partial charge in [0, 0.05) is 29.9 Å². The SMILES string of the molecule is Cc1c(S(=O)(=O)NC2C(C)CCC2CC(C)(O)CO)c2n(c1C(=O)Nc1ccc(F)c(F)c1)CCC=C2. The summed E-state index contributed by atoms with van der Waals surface area (Å²) in [5.41, 5.74) is -0.526. The standard InChI is InChI=1S/C26H33F2N3O5S/c1-15-7-8-17(13-26(3,34)14-32)22(15)30-37(35,36)24-16(2)23(31-11-5-4-6-21(24)31)25(33)29-18-9-10-19(27)20(28)12-18/h4,6,9-10,12,15,17,22,30,32,34H,5,7-8,11,13-14H2,1-3H3,(H,29,33). The predicted molar refractivity (Wildman–Crippen MR) is 135 cm³/mol. The number of aromatic nitrogens is 1. The molecule has 1 aliphatic carbocycles. The predicted octanol–water partition coefficient (Wildman–Crippen LogP) is 3.57. The molecule has 1 aromatic carbocycles. The van der Waals surface area contributed by atoms with E-state index in [9.17, 15) is 32.2 Å². The highest BCUT2D eigenvalue weighted by Gasteiger charge is 2.41. The molecule has 11 heteroatoms. The molecule has 1 saturated carbocycles. The molecule has 0 bridgehead atoms. The van der Waals surface area contributed by atoms with Crippen LogP contribution in [0.25, 0.3) is 6.08 Å². The second kappa shape index (κ2) is 10.3. The van der Waals surface area contributed by atoms with E-state index in [1.807, 2.05) is 13.0 Å². The second-order valence-electron chi connectivity index (χ2n) is 10.4. The number of sulfonamides is 1. The number of hydrogen-bond donors (Lipinski definition) is 4. The van der Waals surface area contributed by atoms with Crippen LogP contribution in [0, 0.1) is 30.4 Å². The molecule has 4 rings (SSSR count). The van der Waals surface area contributed by atoms with Gasteiger partial charge in [-0.3, -0.25) is 4.79 Å². The van der Waals surface area contributed by atoms with E-state index in [1.54, 1.807) is 17.6 Å². The molecule has 1 aliphatic heterocycles. The molecule has 2 aromatic rings. The fourth-order valence-electron chi connectivity index (χ4n) is 5.55. The number of carbonyl (C=O) groups is 1. The monoisotopic (exact) mass is 537 g/mol. The van der Waals surface area contributed by atoms with E-state index in [1.165, 1.54) is 13.0 Å². The maximum absolute atomic E-state index is 13.8. The fourth-order valence-corrected chi connectivity index (χ4v) is 7.40. The molecule has 2 aliphatic rings. The normalized spacial score (nSPS) is 23.1. The Kier molecular flexibility index (Phi) is 7.62. The number of aliphatic hydroxyl groups is 2. The minimum atomic E-state index is -4.10. The Morgan fingerprint density at radius 3 is 2.65 bits per heavy atom. The third-order valence-electron chi connectivity index (χ3n) is 7.39. The smallest absolute Gasteiger partial charge is 0.272 e. The van der Waals surface area contributed by atoms with Crippen molar-refractivity contribution in [2.24, 2.45) is 11.8 Å². The van der Waals surface area contributed by atoms with Gasteiger partial charge in [0.15, 0.2) is 11.6 Å². The number of anilines is 1. The number of nitrogens with zero attached hydrogens (tertiary/aromatic N) is 1. The average Bonchev–Trinajstić information content (AvgIpc) is 3.32. The number of rotatable bonds is 8. The zero-order valence-corrected chi connectivity index (χ0v) is 21.9. The number of carbonyl (C=O) groups excluding carboxylic acids is 1. The van der Waals surface area contributed by atoms with Crippen molar-refractivity contribution in [3.8, 4) is 0 Å². The molecule has 0 radical (unpaired) electrons. The van der Waals surface area contributed by atoms with Crippen molar-refractivity contribution in [2.45, 2.75) is 69.5 Å². The van der Waals surface area contributed by atoms with E-state index in [0.29, 0.717) is 25.1 Å². The van der Waals surface area contributed by atoms with Crippen LogP contribution in [0.15, 0.2) is 29.2 Å². The minimum absolute atomic E-state index is 0.00865. The molecule has 37 heavy (non-hydrogen) atoms. The summed E-state index contributed by atoms with van der Waals surface area (Å²) in [4.78, 5) is 13.2. The van der Waals surface area contributed by atoms with Crippen molar-refractivity contribution in [1.82, 2.24) is 9.29 Å².